The van der Waals surface area contributed by atoms with Crippen molar-refractivity contribution >= 4 is 0 Å². The number of quaternary nitrogens is 4. The van der Waals surface area contributed by atoms with Crippen molar-refractivity contribution in [2.45, 2.75) is 165 Å². The Balaban J connectivity index is 1.18. The van der Waals surface area contributed by atoms with Crippen LogP contribution in [0.2, 0.25) is 0 Å². The van der Waals surface area contributed by atoms with Gasteiger partial charge >= 0.3 is 0 Å². The minimum atomic E-state index is -0.0759. The highest BCUT2D eigenvalue weighted by molar-refractivity contribution is 5.88. The van der Waals surface area contributed by atoms with E-state index in [2.05, 4.69) is 227 Å². The van der Waals surface area contributed by atoms with Crippen molar-refractivity contribution in [3.63, 3.8) is 0 Å². The number of rotatable bonds is 31. The van der Waals surface area contributed by atoms with E-state index in [0.717, 1.165) is 23.6 Å². The number of unbranched alkanes of at least 4 members (excludes halogenated alkanes) is 12. The second-order valence-electron chi connectivity index (χ2n) is 31.0. The van der Waals surface area contributed by atoms with E-state index in [0.29, 0.717) is 0 Å². The van der Waals surface area contributed by atoms with Crippen LogP contribution < -0.4 is 0 Å². The summed E-state index contributed by atoms with van der Waals surface area (Å²) in [4.78, 5) is 5.14. The maximum atomic E-state index is 5.14. The Hall–Kier alpha value is -4.91. The molecule has 0 fully saturated rings. The monoisotopic (exact) mass is 1110 g/mol. The zero-order valence-corrected chi connectivity index (χ0v) is 54.8. The summed E-state index contributed by atoms with van der Waals surface area (Å²) in [6.45, 7) is 11.8. The largest absolute Gasteiger partial charge is 0.331 e. The fraction of sp³-hybridized carbons (Fsp3) is 0.545. The fourth-order valence-corrected chi connectivity index (χ4v) is 14.2. The summed E-state index contributed by atoms with van der Waals surface area (Å²) in [5.41, 5.74) is 21.0. The summed E-state index contributed by atoms with van der Waals surface area (Å²) in [5.74, 6) is 0. The van der Waals surface area contributed by atoms with Gasteiger partial charge in [-0.3, -0.25) is 4.98 Å². The number of pyridine rings is 1. The molecule has 0 aliphatic heterocycles. The van der Waals surface area contributed by atoms with Crippen LogP contribution in [0.5, 0.6) is 0 Å². The van der Waals surface area contributed by atoms with Gasteiger partial charge in [0.05, 0.1) is 116 Å². The lowest BCUT2D eigenvalue weighted by molar-refractivity contribution is -0.870. The molecule has 0 bridgehead atoms. The van der Waals surface area contributed by atoms with Crippen molar-refractivity contribution in [1.82, 2.24) is 4.98 Å². The van der Waals surface area contributed by atoms with Crippen molar-refractivity contribution in [1.29, 1.82) is 0 Å². The molecule has 5 nitrogen and oxygen atoms in total. The predicted octanol–water partition coefficient (Wildman–Crippen LogP) is 18.5. The molecule has 0 saturated heterocycles. The van der Waals surface area contributed by atoms with E-state index < -0.39 is 0 Å². The molecule has 8 rings (SSSR count). The van der Waals surface area contributed by atoms with Crippen LogP contribution in [0.1, 0.15) is 177 Å². The summed E-state index contributed by atoms with van der Waals surface area (Å²) in [6, 6.07) is 46.1. The zero-order valence-electron chi connectivity index (χ0n) is 54.8. The SMILES string of the molecule is CC(C)(C)c1ccc(-c2ccc(-c3ccc4c(c3)C(CCCCCC[N+](C)(C)C)(CCCCCC[N+](C)(C)C)c3cc(-c5ccc6c(c5)C(CCCCCC[N+](C)(C)C)(CCCCCC[N+](C)(C)C)c5ccccc5-6)ccc3-4)cn2)cc1. The maximum absolute atomic E-state index is 5.14. The fourth-order valence-electron chi connectivity index (χ4n) is 14.2. The third-order valence-corrected chi connectivity index (χ3v) is 18.8. The molecule has 5 heteroatoms. The maximum Gasteiger partial charge on any atom is 0.0780 e. The number of hydrogen-bond donors (Lipinski definition) is 0. The summed E-state index contributed by atoms with van der Waals surface area (Å²) >= 11 is 0. The summed E-state index contributed by atoms with van der Waals surface area (Å²) < 4.78 is 4.17. The van der Waals surface area contributed by atoms with E-state index in [1.807, 2.05) is 0 Å². The molecule has 6 aromatic rings. The first-order valence-corrected chi connectivity index (χ1v) is 32.6. The molecule has 0 amide bonds. The Kier molecular flexibility index (Phi) is 20.4. The molecule has 0 unspecified atom stereocenters. The van der Waals surface area contributed by atoms with Crippen LogP contribution in [-0.4, -0.2) is 134 Å². The molecule has 0 N–H and O–H groups in total. The highest BCUT2D eigenvalue weighted by Crippen LogP contribution is 2.58. The van der Waals surface area contributed by atoms with E-state index in [4.69, 9.17) is 4.98 Å². The van der Waals surface area contributed by atoms with Gasteiger partial charge in [-0.2, -0.15) is 0 Å². The molecule has 5 aromatic carbocycles. The Labute approximate surface area is 501 Å². The number of fused-ring (bicyclic) bond motifs is 6. The number of aromatic nitrogens is 1. The van der Waals surface area contributed by atoms with Gasteiger partial charge in [0.25, 0.3) is 0 Å². The van der Waals surface area contributed by atoms with Gasteiger partial charge in [0.1, 0.15) is 0 Å². The van der Waals surface area contributed by atoms with Gasteiger partial charge in [0.15, 0.2) is 0 Å². The second kappa shape index (κ2) is 26.6. The van der Waals surface area contributed by atoms with Gasteiger partial charge in [0.2, 0.25) is 0 Å². The molecule has 0 spiro atoms. The molecule has 2 aliphatic carbocycles. The Morgan fingerprint density at radius 1 is 0.317 bits per heavy atom. The number of nitrogens with zero attached hydrogens (tertiary/aromatic N) is 5. The van der Waals surface area contributed by atoms with Gasteiger partial charge in [-0.1, -0.05) is 163 Å². The summed E-state index contributed by atoms with van der Waals surface area (Å²) in [7, 11) is 28.1. The number of hydrogen-bond acceptors (Lipinski definition) is 1. The molecule has 442 valence electrons. The van der Waals surface area contributed by atoms with Gasteiger partial charge < -0.3 is 17.9 Å². The van der Waals surface area contributed by atoms with Gasteiger partial charge in [-0.15, -0.1) is 0 Å². The highest BCUT2D eigenvalue weighted by atomic mass is 15.3. The quantitative estimate of drug-likeness (QED) is 0.0312. The average Bonchev–Trinajstić information content (AvgIpc) is 2.85. The van der Waals surface area contributed by atoms with Crippen LogP contribution >= 0.6 is 0 Å². The minimum Gasteiger partial charge on any atom is -0.331 e. The molecule has 1 aromatic heterocycles. The second-order valence-corrected chi connectivity index (χ2v) is 31.0. The third-order valence-electron chi connectivity index (χ3n) is 18.8. The zero-order chi connectivity index (χ0) is 59.0. The first kappa shape index (κ1) is 63.1. The van der Waals surface area contributed by atoms with Crippen LogP contribution in [0.15, 0.2) is 121 Å². The lowest BCUT2D eigenvalue weighted by Gasteiger charge is -2.34. The smallest absolute Gasteiger partial charge is 0.0780 e. The topological polar surface area (TPSA) is 12.9 Å². The standard InChI is InChI=1S/C77H113N5/c1-75(2,3)65-42-36-60(37-43-65)74-47-41-64(59-78-74)63-40-46-69-68-45-39-62(57-72(68)77(73(69)58-63,50-28-18-22-32-54-81(10,11)12)51-29-19-23-33-55-82(13,14)15)61-38-44-67-66-34-24-25-35-70(66)76(71(67)56-61,48-26-16-20-30-52-79(4,5)6)49-27-17-21-31-53-80(7,8)9/h24-25,34-47,56-59H,16-23,26-33,48-55H2,1-15H3/q+4. The van der Waals surface area contributed by atoms with Crippen molar-refractivity contribution < 1.29 is 17.9 Å². The van der Waals surface area contributed by atoms with Gasteiger partial charge in [-0.05, 0) is 173 Å². The molecular weight excluding hydrogens is 995 g/mol. The van der Waals surface area contributed by atoms with Crippen molar-refractivity contribution in [3.05, 3.63) is 149 Å². The summed E-state index contributed by atoms with van der Waals surface area (Å²) in [5, 5.41) is 0. The van der Waals surface area contributed by atoms with E-state index in [1.54, 1.807) is 22.3 Å². The Morgan fingerprint density at radius 2 is 0.634 bits per heavy atom. The highest BCUT2D eigenvalue weighted by Gasteiger charge is 2.44. The molecule has 2 aliphatic rings. The van der Waals surface area contributed by atoms with Crippen LogP contribution in [0, 0.1) is 0 Å². The third kappa shape index (κ3) is 16.3. The van der Waals surface area contributed by atoms with Crippen molar-refractivity contribution in [2.24, 2.45) is 0 Å². The molecule has 0 saturated carbocycles. The predicted molar refractivity (Wildman–Crippen MR) is 356 cm³/mol. The van der Waals surface area contributed by atoms with Crippen LogP contribution in [0.25, 0.3) is 55.8 Å². The Morgan fingerprint density at radius 3 is 0.988 bits per heavy atom. The van der Waals surface area contributed by atoms with E-state index in [1.165, 1.54) is 210 Å². The Bertz CT molecular complexity index is 2940. The average molecular weight is 1110 g/mol. The number of benzene rings is 5. The summed E-state index contributed by atoms with van der Waals surface area (Å²) in [6.07, 6.45) is 27.5. The molecule has 0 radical (unpaired) electrons. The van der Waals surface area contributed by atoms with Crippen LogP contribution in [0.4, 0.5) is 0 Å². The van der Waals surface area contributed by atoms with E-state index in [-0.39, 0.29) is 16.2 Å². The van der Waals surface area contributed by atoms with Gasteiger partial charge in [-0.25, -0.2) is 0 Å². The first-order valence-electron chi connectivity index (χ1n) is 32.6. The van der Waals surface area contributed by atoms with E-state index in [9.17, 15) is 0 Å². The minimum absolute atomic E-state index is 0.0247. The lowest BCUT2D eigenvalue weighted by atomic mass is 9.69. The van der Waals surface area contributed by atoms with Crippen molar-refractivity contribution in [2.75, 3.05) is 111 Å². The molecule has 0 atom stereocenters. The molecule has 82 heavy (non-hydrogen) atoms. The molecule has 1 heterocycles. The van der Waals surface area contributed by atoms with Crippen LogP contribution in [0.3, 0.4) is 0 Å². The van der Waals surface area contributed by atoms with Crippen LogP contribution in [-0.2, 0) is 16.2 Å². The first-order chi connectivity index (χ1) is 38.8. The lowest BCUT2D eigenvalue weighted by Crippen LogP contribution is -2.35. The normalized spacial score (nSPS) is 14.7. The molecular formula is C77H113N5+4. The van der Waals surface area contributed by atoms with Gasteiger partial charge in [0, 0.05) is 28.2 Å². The van der Waals surface area contributed by atoms with Crippen molar-refractivity contribution in [3.8, 4) is 55.8 Å². The van der Waals surface area contributed by atoms with E-state index >= 15 is 0 Å².